The van der Waals surface area contributed by atoms with Crippen molar-refractivity contribution in [2.45, 2.75) is 31.2 Å². The Morgan fingerprint density at radius 1 is 1.19 bits per heavy atom. The van der Waals surface area contributed by atoms with Gasteiger partial charge in [0.25, 0.3) is 0 Å². The van der Waals surface area contributed by atoms with Gasteiger partial charge in [-0.2, -0.15) is 4.68 Å². The number of carbonyl (C=O) groups excluding carboxylic acids is 1. The van der Waals surface area contributed by atoms with Gasteiger partial charge in [0.05, 0.1) is 10.9 Å². The Morgan fingerprint density at radius 2 is 1.92 bits per heavy atom. The van der Waals surface area contributed by atoms with Gasteiger partial charge in [-0.3, -0.25) is 4.79 Å². The van der Waals surface area contributed by atoms with Crippen LogP contribution in [0.1, 0.15) is 18.1 Å². The van der Waals surface area contributed by atoms with E-state index in [-0.39, 0.29) is 11.2 Å². The molecule has 26 heavy (non-hydrogen) atoms. The summed E-state index contributed by atoms with van der Waals surface area (Å²) in [6.07, 6.45) is 0. The smallest absolute Gasteiger partial charge is 0.237 e. The number of rotatable bonds is 5. The van der Waals surface area contributed by atoms with Crippen molar-refractivity contribution in [1.82, 2.24) is 20.2 Å². The van der Waals surface area contributed by atoms with Gasteiger partial charge in [-0.25, -0.2) is 0 Å². The van der Waals surface area contributed by atoms with Gasteiger partial charge in [-0.15, -0.1) is 5.10 Å². The van der Waals surface area contributed by atoms with Gasteiger partial charge in [0.1, 0.15) is 0 Å². The van der Waals surface area contributed by atoms with E-state index in [9.17, 15) is 4.79 Å². The highest BCUT2D eigenvalue weighted by Gasteiger charge is 2.20. The molecule has 0 saturated heterocycles. The lowest BCUT2D eigenvalue weighted by Gasteiger charge is -2.13. The maximum absolute atomic E-state index is 12.4. The summed E-state index contributed by atoms with van der Waals surface area (Å²) in [6, 6.07) is 13.0. The van der Waals surface area contributed by atoms with Crippen LogP contribution in [0.3, 0.4) is 0 Å². The minimum atomic E-state index is -0.374. The van der Waals surface area contributed by atoms with Crippen molar-refractivity contribution in [2.75, 3.05) is 5.32 Å². The SMILES string of the molecule is Cc1ccc(-n2nnnc2S[C@H](C)C(=O)Nc2ccc(Cl)cc2)c(C)c1. The molecule has 0 spiro atoms. The normalized spacial score (nSPS) is 12.0. The maximum atomic E-state index is 12.4. The third kappa shape index (κ3) is 4.23. The lowest BCUT2D eigenvalue weighted by molar-refractivity contribution is -0.115. The molecule has 3 aromatic rings. The molecule has 3 rings (SSSR count). The van der Waals surface area contributed by atoms with Crippen molar-refractivity contribution in [2.24, 2.45) is 0 Å². The van der Waals surface area contributed by atoms with Crippen LogP contribution in [0.5, 0.6) is 0 Å². The molecule has 0 aliphatic rings. The quantitative estimate of drug-likeness (QED) is 0.668. The first-order valence-corrected chi connectivity index (χ1v) is 9.29. The highest BCUT2D eigenvalue weighted by atomic mass is 35.5. The van der Waals surface area contributed by atoms with Crippen molar-refractivity contribution in [3.8, 4) is 5.69 Å². The number of amides is 1. The summed E-state index contributed by atoms with van der Waals surface area (Å²) in [6.45, 7) is 5.86. The highest BCUT2D eigenvalue weighted by molar-refractivity contribution is 8.00. The summed E-state index contributed by atoms with van der Waals surface area (Å²) < 4.78 is 1.66. The number of thioether (sulfide) groups is 1. The number of benzene rings is 2. The number of aryl methyl sites for hydroxylation is 2. The van der Waals surface area contributed by atoms with Crippen LogP contribution < -0.4 is 5.32 Å². The third-order valence-electron chi connectivity index (χ3n) is 3.78. The molecule has 6 nitrogen and oxygen atoms in total. The zero-order chi connectivity index (χ0) is 18.7. The molecule has 0 radical (unpaired) electrons. The molecule has 2 aromatic carbocycles. The number of nitrogens with one attached hydrogen (secondary N) is 1. The Morgan fingerprint density at radius 3 is 2.62 bits per heavy atom. The summed E-state index contributed by atoms with van der Waals surface area (Å²) >= 11 is 7.17. The van der Waals surface area contributed by atoms with Crippen molar-refractivity contribution in [3.63, 3.8) is 0 Å². The van der Waals surface area contributed by atoms with Gasteiger partial charge in [0.2, 0.25) is 11.1 Å². The van der Waals surface area contributed by atoms with Crippen LogP contribution in [-0.2, 0) is 4.79 Å². The molecule has 1 atom stereocenters. The minimum Gasteiger partial charge on any atom is -0.325 e. The fourth-order valence-electron chi connectivity index (χ4n) is 2.44. The summed E-state index contributed by atoms with van der Waals surface area (Å²) in [5.74, 6) is -0.132. The zero-order valence-corrected chi connectivity index (χ0v) is 16.2. The van der Waals surface area contributed by atoms with E-state index in [1.54, 1.807) is 28.9 Å². The fraction of sp³-hybridized carbons (Fsp3) is 0.222. The molecule has 1 amide bonds. The van der Waals surface area contributed by atoms with E-state index in [1.165, 1.54) is 17.3 Å². The first-order chi connectivity index (χ1) is 12.4. The minimum absolute atomic E-state index is 0.132. The largest absolute Gasteiger partial charge is 0.325 e. The van der Waals surface area contributed by atoms with Crippen LogP contribution >= 0.6 is 23.4 Å². The second-order valence-electron chi connectivity index (χ2n) is 5.92. The molecule has 8 heteroatoms. The molecule has 0 unspecified atom stereocenters. The van der Waals surface area contributed by atoms with E-state index in [2.05, 4.69) is 26.9 Å². The second-order valence-corrected chi connectivity index (χ2v) is 7.66. The molecule has 0 fully saturated rings. The Bertz CT molecular complexity index is 926. The average Bonchev–Trinajstić information content (AvgIpc) is 3.04. The lowest BCUT2D eigenvalue weighted by atomic mass is 10.1. The molecule has 0 bridgehead atoms. The van der Waals surface area contributed by atoms with Gasteiger partial charge in [0.15, 0.2) is 0 Å². The van der Waals surface area contributed by atoms with Crippen LogP contribution in [0.25, 0.3) is 5.69 Å². The van der Waals surface area contributed by atoms with Crippen molar-refractivity contribution in [3.05, 3.63) is 58.6 Å². The number of tetrazole rings is 1. The third-order valence-corrected chi connectivity index (χ3v) is 5.07. The van der Waals surface area contributed by atoms with Crippen LogP contribution in [-0.4, -0.2) is 31.4 Å². The van der Waals surface area contributed by atoms with E-state index in [0.717, 1.165) is 11.3 Å². The van der Waals surface area contributed by atoms with Crippen molar-refractivity contribution in [1.29, 1.82) is 0 Å². The van der Waals surface area contributed by atoms with Crippen LogP contribution in [0.15, 0.2) is 47.6 Å². The molecule has 0 aliphatic heterocycles. The number of anilines is 1. The average molecular weight is 388 g/mol. The first-order valence-electron chi connectivity index (χ1n) is 8.03. The van der Waals surface area contributed by atoms with Gasteiger partial charge in [-0.05, 0) is 67.1 Å². The predicted molar refractivity (Wildman–Crippen MR) is 104 cm³/mol. The molecular formula is C18H18ClN5OS. The van der Waals surface area contributed by atoms with E-state index in [4.69, 9.17) is 11.6 Å². The number of hydrogen-bond donors (Lipinski definition) is 1. The van der Waals surface area contributed by atoms with E-state index in [1.807, 2.05) is 32.9 Å². The molecule has 1 heterocycles. The standard InChI is InChI=1S/C18H18ClN5OS/c1-11-4-9-16(12(2)10-11)24-18(21-22-23-24)26-13(3)17(25)20-15-7-5-14(19)6-8-15/h4-10,13H,1-3H3,(H,20,25)/t13-/m1/s1. The number of carbonyl (C=O) groups is 1. The van der Waals surface area contributed by atoms with Crippen molar-refractivity contribution < 1.29 is 4.79 Å². The van der Waals surface area contributed by atoms with Gasteiger partial charge in [0, 0.05) is 10.7 Å². The molecular weight excluding hydrogens is 370 g/mol. The summed E-state index contributed by atoms with van der Waals surface area (Å²) in [5.41, 5.74) is 3.83. The molecule has 1 N–H and O–H groups in total. The van der Waals surface area contributed by atoms with Crippen LogP contribution in [0.4, 0.5) is 5.69 Å². The Kier molecular flexibility index (Phi) is 5.58. The van der Waals surface area contributed by atoms with E-state index >= 15 is 0 Å². The molecule has 0 aliphatic carbocycles. The number of halogens is 1. The Labute approximate surface area is 160 Å². The van der Waals surface area contributed by atoms with Gasteiger partial charge < -0.3 is 5.32 Å². The topological polar surface area (TPSA) is 72.7 Å². The van der Waals surface area contributed by atoms with E-state index < -0.39 is 0 Å². The monoisotopic (exact) mass is 387 g/mol. The summed E-state index contributed by atoms with van der Waals surface area (Å²) in [7, 11) is 0. The number of nitrogens with zero attached hydrogens (tertiary/aromatic N) is 4. The lowest BCUT2D eigenvalue weighted by Crippen LogP contribution is -2.22. The zero-order valence-electron chi connectivity index (χ0n) is 14.6. The Hall–Kier alpha value is -2.38. The van der Waals surface area contributed by atoms with Crippen LogP contribution in [0, 0.1) is 13.8 Å². The number of aromatic nitrogens is 4. The van der Waals surface area contributed by atoms with Gasteiger partial charge in [-0.1, -0.05) is 41.1 Å². The van der Waals surface area contributed by atoms with Crippen LogP contribution in [0.2, 0.25) is 5.02 Å². The highest BCUT2D eigenvalue weighted by Crippen LogP contribution is 2.25. The summed E-state index contributed by atoms with van der Waals surface area (Å²) in [4.78, 5) is 12.4. The second kappa shape index (κ2) is 7.88. The maximum Gasteiger partial charge on any atom is 0.237 e. The molecule has 0 saturated carbocycles. The Balaban J connectivity index is 1.74. The fourth-order valence-corrected chi connectivity index (χ4v) is 3.36. The summed E-state index contributed by atoms with van der Waals surface area (Å²) in [5, 5.41) is 15.6. The molecule has 134 valence electrons. The molecule has 1 aromatic heterocycles. The van der Waals surface area contributed by atoms with Crippen molar-refractivity contribution >= 4 is 35.0 Å². The van der Waals surface area contributed by atoms with E-state index in [0.29, 0.717) is 15.9 Å². The number of hydrogen-bond acceptors (Lipinski definition) is 5. The van der Waals surface area contributed by atoms with Gasteiger partial charge >= 0.3 is 0 Å². The first kappa shape index (κ1) is 18.4. The predicted octanol–water partition coefficient (Wildman–Crippen LogP) is 4.05.